The second-order valence-electron chi connectivity index (χ2n) is 11.2. The Morgan fingerprint density at radius 1 is 0.455 bits per heavy atom. The van der Waals surface area contributed by atoms with Crippen molar-refractivity contribution in [3.05, 3.63) is 158 Å². The Bertz CT molecular complexity index is 2490. The molecule has 0 bridgehead atoms. The van der Waals surface area contributed by atoms with Gasteiger partial charge in [0.2, 0.25) is 0 Å². The molecule has 0 unspecified atom stereocenters. The van der Waals surface area contributed by atoms with Gasteiger partial charge in [0.1, 0.15) is 0 Å². The predicted octanol–water partition coefficient (Wildman–Crippen LogP) is 12.0. The fraction of sp³-hybridized carbons (Fsp3) is 0. The van der Waals surface area contributed by atoms with Gasteiger partial charge in [0, 0.05) is 59.0 Å². The fourth-order valence-electron chi connectivity index (χ4n) is 6.55. The summed E-state index contributed by atoms with van der Waals surface area (Å²) in [6.07, 6.45) is 0. The van der Waals surface area contributed by atoms with Gasteiger partial charge in [0.15, 0.2) is 0 Å². The number of pyridine rings is 1. The fourth-order valence-corrected chi connectivity index (χ4v) is 7.81. The van der Waals surface area contributed by atoms with Crippen LogP contribution in [0.2, 0.25) is 0 Å². The molecule has 0 aliphatic carbocycles. The van der Waals surface area contributed by atoms with Gasteiger partial charge in [0.25, 0.3) is 0 Å². The van der Waals surface area contributed by atoms with Crippen LogP contribution < -0.4 is 4.90 Å². The zero-order chi connectivity index (χ0) is 29.0. The van der Waals surface area contributed by atoms with Gasteiger partial charge in [-0.15, -0.1) is 11.3 Å². The summed E-state index contributed by atoms with van der Waals surface area (Å²) in [7, 11) is 0. The molecule has 0 aliphatic rings. The summed E-state index contributed by atoms with van der Waals surface area (Å²) in [5, 5.41) is 8.76. The summed E-state index contributed by atoms with van der Waals surface area (Å²) in [6, 6.07) is 56.5. The van der Waals surface area contributed by atoms with E-state index < -0.39 is 0 Å². The Kier molecular flexibility index (Phi) is 5.71. The molecule has 0 spiro atoms. The molecular weight excluding hydrogens is 553 g/mol. The van der Waals surface area contributed by atoms with Crippen LogP contribution in [0.3, 0.4) is 0 Å². The van der Waals surface area contributed by atoms with Gasteiger partial charge in [-0.05, 0) is 59.3 Å². The summed E-state index contributed by atoms with van der Waals surface area (Å²) in [5.74, 6) is 0. The first-order valence-electron chi connectivity index (χ1n) is 14.9. The molecule has 3 heteroatoms. The number of thiophene rings is 1. The molecule has 0 aliphatic heterocycles. The number of aromatic nitrogens is 1. The molecular formula is C41H26N2S. The van der Waals surface area contributed by atoms with Crippen molar-refractivity contribution in [2.24, 2.45) is 0 Å². The highest BCUT2D eigenvalue weighted by molar-refractivity contribution is 7.26. The monoisotopic (exact) mass is 578 g/mol. The molecule has 0 N–H and O–H groups in total. The Morgan fingerprint density at radius 2 is 1.11 bits per heavy atom. The van der Waals surface area contributed by atoms with E-state index in [-0.39, 0.29) is 0 Å². The minimum Gasteiger partial charge on any atom is -0.310 e. The highest BCUT2D eigenvalue weighted by Crippen LogP contribution is 2.44. The maximum absolute atomic E-state index is 5.25. The van der Waals surface area contributed by atoms with Crippen LogP contribution in [0.15, 0.2) is 158 Å². The van der Waals surface area contributed by atoms with Crippen molar-refractivity contribution in [2.45, 2.75) is 0 Å². The van der Waals surface area contributed by atoms with Crippen LogP contribution in [-0.2, 0) is 0 Å². The van der Waals surface area contributed by atoms with E-state index in [2.05, 4.69) is 163 Å². The number of benzene rings is 7. The topological polar surface area (TPSA) is 16.1 Å². The largest absolute Gasteiger partial charge is 0.310 e. The van der Waals surface area contributed by atoms with Crippen molar-refractivity contribution in [3.8, 4) is 11.3 Å². The van der Waals surface area contributed by atoms with Crippen molar-refractivity contribution in [2.75, 3.05) is 4.90 Å². The second kappa shape index (κ2) is 10.0. The lowest BCUT2D eigenvalue weighted by Crippen LogP contribution is -2.09. The van der Waals surface area contributed by atoms with Gasteiger partial charge >= 0.3 is 0 Å². The van der Waals surface area contributed by atoms with E-state index in [0.29, 0.717) is 0 Å². The van der Waals surface area contributed by atoms with E-state index in [4.69, 9.17) is 4.98 Å². The first-order chi connectivity index (χ1) is 21.8. The first-order valence-corrected chi connectivity index (χ1v) is 15.7. The van der Waals surface area contributed by atoms with E-state index >= 15 is 0 Å². The average molecular weight is 579 g/mol. The van der Waals surface area contributed by atoms with E-state index in [1.165, 1.54) is 47.1 Å². The molecule has 44 heavy (non-hydrogen) atoms. The standard InChI is InChI=1S/C41H26N2S/c1-2-12-30(13-3-1)43(32-23-18-27-10-4-5-11-29(27)26-32)31-21-19-28(20-22-31)40-36-25-24-34-33-14-7-9-17-38(33)44-41(34)39(36)35-15-6-8-16-37(35)42-40/h1-26H. The quantitative estimate of drug-likeness (QED) is 0.193. The van der Waals surface area contributed by atoms with Crippen LogP contribution in [0.4, 0.5) is 17.1 Å². The molecule has 9 aromatic rings. The minimum atomic E-state index is 1.02. The SMILES string of the molecule is c1ccc(N(c2ccc(-c3nc4ccccc4c4c3ccc3c5ccccc5sc34)cc2)c2ccc3ccccc3c2)cc1. The summed E-state index contributed by atoms with van der Waals surface area (Å²) in [5.41, 5.74) is 6.50. The summed E-state index contributed by atoms with van der Waals surface area (Å²) < 4.78 is 2.64. The predicted molar refractivity (Wildman–Crippen MR) is 190 cm³/mol. The number of fused-ring (bicyclic) bond motifs is 8. The van der Waals surface area contributed by atoms with Crippen LogP contribution in [0, 0.1) is 0 Å². The zero-order valence-electron chi connectivity index (χ0n) is 23.8. The van der Waals surface area contributed by atoms with Gasteiger partial charge < -0.3 is 4.90 Å². The summed E-state index contributed by atoms with van der Waals surface area (Å²) in [6.45, 7) is 0. The molecule has 206 valence electrons. The molecule has 2 nitrogen and oxygen atoms in total. The Balaban J connectivity index is 1.23. The molecule has 2 aromatic heterocycles. The average Bonchev–Trinajstić information content (AvgIpc) is 3.48. The molecule has 0 atom stereocenters. The van der Waals surface area contributed by atoms with Gasteiger partial charge in [-0.2, -0.15) is 0 Å². The number of hydrogen-bond acceptors (Lipinski definition) is 3. The summed E-state index contributed by atoms with van der Waals surface area (Å²) >= 11 is 1.88. The molecule has 0 fully saturated rings. The van der Waals surface area contributed by atoms with Crippen LogP contribution in [0.5, 0.6) is 0 Å². The van der Waals surface area contributed by atoms with Crippen molar-refractivity contribution in [1.82, 2.24) is 4.98 Å². The first kappa shape index (κ1) is 25.0. The molecule has 0 saturated heterocycles. The molecule has 0 radical (unpaired) electrons. The van der Waals surface area contributed by atoms with Crippen molar-refractivity contribution < 1.29 is 0 Å². The molecule has 0 amide bonds. The lowest BCUT2D eigenvalue weighted by Gasteiger charge is -2.26. The van der Waals surface area contributed by atoms with Crippen LogP contribution in [0.25, 0.3) is 63.9 Å². The lowest BCUT2D eigenvalue weighted by atomic mass is 9.98. The lowest BCUT2D eigenvalue weighted by molar-refractivity contribution is 1.29. The maximum Gasteiger partial charge on any atom is 0.0788 e. The Hall–Kier alpha value is -5.51. The third kappa shape index (κ3) is 3.98. The van der Waals surface area contributed by atoms with Gasteiger partial charge in [-0.25, -0.2) is 4.98 Å². The van der Waals surface area contributed by atoms with E-state index in [1.54, 1.807) is 0 Å². The number of hydrogen-bond donors (Lipinski definition) is 0. The normalized spacial score (nSPS) is 11.6. The molecule has 9 rings (SSSR count). The Labute approximate surface area is 259 Å². The maximum atomic E-state index is 5.25. The van der Waals surface area contributed by atoms with Gasteiger partial charge in [0.05, 0.1) is 11.2 Å². The van der Waals surface area contributed by atoms with E-state index in [9.17, 15) is 0 Å². The van der Waals surface area contributed by atoms with Crippen molar-refractivity contribution in [1.29, 1.82) is 0 Å². The zero-order valence-corrected chi connectivity index (χ0v) is 24.6. The third-order valence-corrected chi connectivity index (χ3v) is 9.82. The van der Waals surface area contributed by atoms with Crippen molar-refractivity contribution >= 4 is 81.0 Å². The number of rotatable bonds is 4. The van der Waals surface area contributed by atoms with E-state index in [0.717, 1.165) is 33.8 Å². The van der Waals surface area contributed by atoms with E-state index in [1.807, 2.05) is 11.3 Å². The Morgan fingerprint density at radius 3 is 1.98 bits per heavy atom. The highest BCUT2D eigenvalue weighted by atomic mass is 32.1. The minimum absolute atomic E-state index is 1.02. The number of anilines is 3. The van der Waals surface area contributed by atoms with Crippen LogP contribution in [-0.4, -0.2) is 4.98 Å². The van der Waals surface area contributed by atoms with Gasteiger partial charge in [-0.1, -0.05) is 109 Å². The smallest absolute Gasteiger partial charge is 0.0788 e. The number of nitrogens with zero attached hydrogens (tertiary/aromatic N) is 2. The third-order valence-electron chi connectivity index (χ3n) is 8.61. The number of para-hydroxylation sites is 2. The van der Waals surface area contributed by atoms with Crippen LogP contribution >= 0.6 is 11.3 Å². The van der Waals surface area contributed by atoms with Gasteiger partial charge in [-0.3, -0.25) is 0 Å². The van der Waals surface area contributed by atoms with Crippen molar-refractivity contribution in [3.63, 3.8) is 0 Å². The summed E-state index contributed by atoms with van der Waals surface area (Å²) in [4.78, 5) is 7.57. The second-order valence-corrected chi connectivity index (χ2v) is 12.2. The molecule has 2 heterocycles. The van der Waals surface area contributed by atoms with Crippen LogP contribution in [0.1, 0.15) is 0 Å². The molecule has 0 saturated carbocycles. The molecule has 7 aromatic carbocycles. The highest BCUT2D eigenvalue weighted by Gasteiger charge is 2.17.